The minimum absolute atomic E-state index is 0. The number of rotatable bonds is 4. The van der Waals surface area contributed by atoms with Crippen LogP contribution in [0.5, 0.6) is 0 Å². The fraction of sp³-hybridized carbons (Fsp3) is 0.714. The van der Waals surface area contributed by atoms with Gasteiger partial charge in [0.2, 0.25) is 0 Å². The molecule has 116 valence electrons. The van der Waals surface area contributed by atoms with E-state index in [0.29, 0.717) is 12.5 Å². The molecule has 1 aromatic rings. The molecule has 1 aromatic heterocycles. The molecule has 0 amide bonds. The van der Waals surface area contributed by atoms with E-state index in [1.165, 1.54) is 5.01 Å². The van der Waals surface area contributed by atoms with Crippen LogP contribution in [0.1, 0.15) is 58.2 Å². The highest BCUT2D eigenvalue weighted by atomic mass is 127. The van der Waals surface area contributed by atoms with Crippen molar-refractivity contribution in [2.75, 3.05) is 6.54 Å². The first-order valence-electron chi connectivity index (χ1n) is 6.82. The molecule has 0 atom stereocenters. The summed E-state index contributed by atoms with van der Waals surface area (Å²) in [6.45, 7) is 14.2. The van der Waals surface area contributed by atoms with Crippen LogP contribution in [0.4, 0.5) is 0 Å². The van der Waals surface area contributed by atoms with Crippen molar-refractivity contribution < 1.29 is 0 Å². The summed E-state index contributed by atoms with van der Waals surface area (Å²) in [6.07, 6.45) is 0. The fourth-order valence-electron chi connectivity index (χ4n) is 1.48. The van der Waals surface area contributed by atoms with Crippen molar-refractivity contribution in [2.45, 2.75) is 59.5 Å². The molecule has 1 rings (SSSR count). The van der Waals surface area contributed by atoms with Gasteiger partial charge in [0.05, 0.1) is 17.2 Å². The van der Waals surface area contributed by atoms with Crippen LogP contribution in [-0.2, 0) is 6.54 Å². The van der Waals surface area contributed by atoms with Crippen molar-refractivity contribution >= 4 is 41.3 Å². The first kappa shape index (κ1) is 19.6. The number of thiazole rings is 1. The zero-order valence-electron chi connectivity index (χ0n) is 13.3. The van der Waals surface area contributed by atoms with Crippen LogP contribution < -0.4 is 10.6 Å². The topological polar surface area (TPSA) is 49.3 Å². The molecule has 0 unspecified atom stereocenters. The summed E-state index contributed by atoms with van der Waals surface area (Å²) in [6, 6.07) is 0. The van der Waals surface area contributed by atoms with E-state index in [1.807, 2.05) is 0 Å². The third-order valence-electron chi connectivity index (χ3n) is 2.30. The Balaban J connectivity index is 0.00000361. The minimum Gasteiger partial charge on any atom is -0.357 e. The van der Waals surface area contributed by atoms with Crippen LogP contribution in [0.3, 0.4) is 0 Å². The Bertz CT molecular complexity index is 421. The van der Waals surface area contributed by atoms with Gasteiger partial charge < -0.3 is 10.6 Å². The largest absolute Gasteiger partial charge is 0.357 e. The fourth-order valence-corrected chi connectivity index (χ4v) is 2.31. The second kappa shape index (κ2) is 8.81. The molecule has 0 aromatic carbocycles. The first-order chi connectivity index (χ1) is 8.81. The lowest BCUT2D eigenvalue weighted by Gasteiger charge is -2.23. The second-order valence-corrected chi connectivity index (χ2v) is 6.79. The molecule has 1 heterocycles. The van der Waals surface area contributed by atoms with Crippen LogP contribution in [0.25, 0.3) is 0 Å². The molecule has 20 heavy (non-hydrogen) atoms. The SMILES string of the molecule is CCNC(=NCc1csc(C(C)C)n1)NC(C)(C)C.I. The van der Waals surface area contributed by atoms with Gasteiger partial charge in [-0.2, -0.15) is 0 Å². The molecule has 0 fully saturated rings. The van der Waals surface area contributed by atoms with Crippen LogP contribution in [0, 0.1) is 0 Å². The van der Waals surface area contributed by atoms with Gasteiger partial charge in [0.25, 0.3) is 0 Å². The van der Waals surface area contributed by atoms with E-state index < -0.39 is 0 Å². The van der Waals surface area contributed by atoms with Gasteiger partial charge in [0.15, 0.2) is 5.96 Å². The average Bonchev–Trinajstić information content (AvgIpc) is 2.73. The maximum atomic E-state index is 4.59. The minimum atomic E-state index is 0. The molecule has 0 aliphatic rings. The van der Waals surface area contributed by atoms with E-state index in [2.05, 4.69) is 67.5 Å². The Labute approximate surface area is 143 Å². The summed E-state index contributed by atoms with van der Waals surface area (Å²) in [5.41, 5.74) is 1.05. The van der Waals surface area contributed by atoms with Crippen LogP contribution in [-0.4, -0.2) is 23.0 Å². The lowest BCUT2D eigenvalue weighted by molar-refractivity contribution is 0.501. The molecule has 4 nitrogen and oxygen atoms in total. The van der Waals surface area contributed by atoms with E-state index in [1.54, 1.807) is 11.3 Å². The van der Waals surface area contributed by atoms with Crippen molar-refractivity contribution in [3.05, 3.63) is 16.1 Å². The first-order valence-corrected chi connectivity index (χ1v) is 7.70. The molecule has 0 saturated heterocycles. The summed E-state index contributed by atoms with van der Waals surface area (Å²) in [7, 11) is 0. The third kappa shape index (κ3) is 7.42. The highest BCUT2D eigenvalue weighted by Gasteiger charge is 2.12. The lowest BCUT2D eigenvalue weighted by Crippen LogP contribution is -2.47. The van der Waals surface area contributed by atoms with Crippen molar-refractivity contribution in [3.8, 4) is 0 Å². The molecule has 0 saturated carbocycles. The number of nitrogens with zero attached hydrogens (tertiary/aromatic N) is 2. The molecule has 0 aliphatic carbocycles. The summed E-state index contributed by atoms with van der Waals surface area (Å²) in [5.74, 6) is 1.33. The molecule has 0 spiro atoms. The Kier molecular flexibility index (Phi) is 8.65. The maximum Gasteiger partial charge on any atom is 0.192 e. The second-order valence-electron chi connectivity index (χ2n) is 5.90. The summed E-state index contributed by atoms with van der Waals surface area (Å²) < 4.78 is 0. The zero-order chi connectivity index (χ0) is 14.5. The van der Waals surface area contributed by atoms with Crippen molar-refractivity contribution in [2.24, 2.45) is 4.99 Å². The van der Waals surface area contributed by atoms with E-state index in [-0.39, 0.29) is 29.5 Å². The summed E-state index contributed by atoms with van der Waals surface area (Å²) in [5, 5.41) is 9.90. The molecular weight excluding hydrogens is 383 g/mol. The standard InChI is InChI=1S/C14H26N4S.HI/c1-7-15-13(18-14(4,5)6)16-8-11-9-19-12(17-11)10(2)3;/h9-10H,7-8H2,1-6H3,(H2,15,16,18);1H. The predicted octanol–water partition coefficient (Wildman–Crippen LogP) is 3.74. The van der Waals surface area contributed by atoms with E-state index in [4.69, 9.17) is 0 Å². The third-order valence-corrected chi connectivity index (χ3v) is 3.49. The number of halogens is 1. The van der Waals surface area contributed by atoms with Gasteiger partial charge in [-0.25, -0.2) is 9.98 Å². The maximum absolute atomic E-state index is 4.59. The number of nitrogens with one attached hydrogen (secondary N) is 2. The number of guanidine groups is 1. The van der Waals surface area contributed by atoms with E-state index >= 15 is 0 Å². The zero-order valence-corrected chi connectivity index (χ0v) is 16.4. The van der Waals surface area contributed by atoms with Gasteiger partial charge >= 0.3 is 0 Å². The van der Waals surface area contributed by atoms with E-state index in [0.717, 1.165) is 18.2 Å². The number of aromatic nitrogens is 1. The van der Waals surface area contributed by atoms with Crippen molar-refractivity contribution in [1.29, 1.82) is 0 Å². The van der Waals surface area contributed by atoms with Gasteiger partial charge in [0, 0.05) is 23.4 Å². The number of hydrogen-bond donors (Lipinski definition) is 2. The monoisotopic (exact) mass is 410 g/mol. The quantitative estimate of drug-likeness (QED) is 0.452. The van der Waals surface area contributed by atoms with Crippen LogP contribution in [0.2, 0.25) is 0 Å². The van der Waals surface area contributed by atoms with Gasteiger partial charge in [0.1, 0.15) is 0 Å². The Hall–Kier alpha value is -0.370. The number of hydrogen-bond acceptors (Lipinski definition) is 3. The highest BCUT2D eigenvalue weighted by molar-refractivity contribution is 14.0. The smallest absolute Gasteiger partial charge is 0.192 e. The summed E-state index contributed by atoms with van der Waals surface area (Å²) >= 11 is 1.71. The lowest BCUT2D eigenvalue weighted by atomic mass is 10.1. The van der Waals surface area contributed by atoms with Gasteiger partial charge in [-0.15, -0.1) is 35.3 Å². The Morgan fingerprint density at radius 1 is 1.40 bits per heavy atom. The molecule has 2 N–H and O–H groups in total. The summed E-state index contributed by atoms with van der Waals surface area (Å²) in [4.78, 5) is 9.17. The van der Waals surface area contributed by atoms with Crippen LogP contribution >= 0.6 is 35.3 Å². The molecule has 0 aliphatic heterocycles. The number of aliphatic imine (C=N–C) groups is 1. The Morgan fingerprint density at radius 2 is 2.05 bits per heavy atom. The van der Waals surface area contributed by atoms with Crippen LogP contribution in [0.15, 0.2) is 10.4 Å². The normalized spacial score (nSPS) is 12.2. The highest BCUT2D eigenvalue weighted by Crippen LogP contribution is 2.19. The molecule has 0 bridgehead atoms. The molecule has 6 heteroatoms. The average molecular weight is 410 g/mol. The van der Waals surface area contributed by atoms with Crippen molar-refractivity contribution in [1.82, 2.24) is 15.6 Å². The van der Waals surface area contributed by atoms with Gasteiger partial charge in [-0.3, -0.25) is 0 Å². The van der Waals surface area contributed by atoms with E-state index in [9.17, 15) is 0 Å². The van der Waals surface area contributed by atoms with Gasteiger partial charge in [-0.05, 0) is 27.7 Å². The van der Waals surface area contributed by atoms with Gasteiger partial charge in [-0.1, -0.05) is 13.8 Å². The molecular formula is C14H27IN4S. The predicted molar refractivity (Wildman–Crippen MR) is 99.3 cm³/mol. The van der Waals surface area contributed by atoms with Crippen molar-refractivity contribution in [3.63, 3.8) is 0 Å². The molecule has 0 radical (unpaired) electrons. The Morgan fingerprint density at radius 3 is 2.50 bits per heavy atom.